The SMILES string of the molecule is O=C(Cn1c(=O)oc2cc(Cl)ccc21)Nc1ccc(Cl)c(C(F)(F)F)c1. The van der Waals surface area contributed by atoms with Crippen LogP contribution in [-0.2, 0) is 17.5 Å². The number of fused-ring (bicyclic) bond motifs is 1. The molecule has 0 spiro atoms. The highest BCUT2D eigenvalue weighted by Crippen LogP contribution is 2.36. The summed E-state index contributed by atoms with van der Waals surface area (Å²) in [5, 5.41) is 2.17. The predicted octanol–water partition coefficient (Wildman–Crippen LogP) is 4.56. The van der Waals surface area contributed by atoms with Gasteiger partial charge >= 0.3 is 11.9 Å². The number of benzene rings is 2. The molecule has 0 atom stereocenters. The molecular weight excluding hydrogens is 396 g/mol. The van der Waals surface area contributed by atoms with Crippen LogP contribution >= 0.6 is 23.2 Å². The van der Waals surface area contributed by atoms with E-state index in [1.165, 1.54) is 24.3 Å². The van der Waals surface area contributed by atoms with Crippen molar-refractivity contribution in [2.24, 2.45) is 0 Å². The Bertz CT molecular complexity index is 1060. The number of rotatable bonds is 3. The van der Waals surface area contributed by atoms with Gasteiger partial charge in [-0.2, -0.15) is 13.2 Å². The lowest BCUT2D eigenvalue weighted by molar-refractivity contribution is -0.137. The minimum Gasteiger partial charge on any atom is -0.408 e. The highest BCUT2D eigenvalue weighted by Gasteiger charge is 2.33. The van der Waals surface area contributed by atoms with E-state index >= 15 is 0 Å². The molecule has 26 heavy (non-hydrogen) atoms. The molecule has 2 aromatic carbocycles. The van der Waals surface area contributed by atoms with E-state index in [2.05, 4.69) is 5.32 Å². The van der Waals surface area contributed by atoms with Crippen molar-refractivity contribution in [1.29, 1.82) is 0 Å². The molecule has 0 radical (unpaired) electrons. The standard InChI is InChI=1S/C16H9Cl2F3N2O3/c17-8-1-4-12-13(5-8)26-15(25)23(12)7-14(24)22-9-2-3-11(18)10(6-9)16(19,20)21/h1-6H,7H2,(H,22,24). The van der Waals surface area contributed by atoms with Crippen LogP contribution in [0.3, 0.4) is 0 Å². The Balaban J connectivity index is 1.84. The quantitative estimate of drug-likeness (QED) is 0.695. The highest BCUT2D eigenvalue weighted by atomic mass is 35.5. The maximum Gasteiger partial charge on any atom is 0.420 e. The van der Waals surface area contributed by atoms with Crippen LogP contribution in [0.25, 0.3) is 11.1 Å². The van der Waals surface area contributed by atoms with Gasteiger partial charge in [0.15, 0.2) is 5.58 Å². The molecular formula is C16H9Cl2F3N2O3. The second kappa shape index (κ2) is 6.69. The molecule has 0 aliphatic heterocycles. The van der Waals surface area contributed by atoms with Crippen molar-refractivity contribution in [3.8, 4) is 0 Å². The van der Waals surface area contributed by atoms with Gasteiger partial charge in [0, 0.05) is 16.8 Å². The maximum absolute atomic E-state index is 12.9. The molecule has 3 aromatic rings. The molecule has 1 amide bonds. The van der Waals surface area contributed by atoms with Crippen molar-refractivity contribution in [3.05, 3.63) is 62.6 Å². The van der Waals surface area contributed by atoms with Crippen molar-refractivity contribution >= 4 is 45.9 Å². The van der Waals surface area contributed by atoms with Gasteiger partial charge in [0.05, 0.1) is 16.1 Å². The minimum absolute atomic E-state index is 0.101. The second-order valence-electron chi connectivity index (χ2n) is 5.31. The summed E-state index contributed by atoms with van der Waals surface area (Å²) in [6, 6.07) is 7.41. The van der Waals surface area contributed by atoms with E-state index in [9.17, 15) is 22.8 Å². The third kappa shape index (κ3) is 3.71. The summed E-state index contributed by atoms with van der Waals surface area (Å²) >= 11 is 11.3. The van der Waals surface area contributed by atoms with Crippen LogP contribution in [0, 0.1) is 0 Å². The molecule has 136 valence electrons. The fourth-order valence-electron chi connectivity index (χ4n) is 2.35. The number of nitrogens with one attached hydrogen (secondary N) is 1. The zero-order valence-corrected chi connectivity index (χ0v) is 14.2. The average Bonchev–Trinajstić information content (AvgIpc) is 2.83. The van der Waals surface area contributed by atoms with Crippen LogP contribution in [0.4, 0.5) is 18.9 Å². The summed E-state index contributed by atoms with van der Waals surface area (Å²) in [7, 11) is 0. The Hall–Kier alpha value is -2.45. The van der Waals surface area contributed by atoms with Gasteiger partial charge in [-0.25, -0.2) is 4.79 Å². The van der Waals surface area contributed by atoms with Crippen LogP contribution in [0.5, 0.6) is 0 Å². The monoisotopic (exact) mass is 404 g/mol. The van der Waals surface area contributed by atoms with Crippen LogP contribution < -0.4 is 11.1 Å². The molecule has 1 N–H and O–H groups in total. The summed E-state index contributed by atoms with van der Waals surface area (Å²) in [6.45, 7) is -0.447. The molecule has 0 fully saturated rings. The van der Waals surface area contributed by atoms with E-state index in [-0.39, 0.29) is 11.3 Å². The van der Waals surface area contributed by atoms with Gasteiger partial charge in [-0.3, -0.25) is 9.36 Å². The van der Waals surface area contributed by atoms with E-state index in [0.717, 1.165) is 16.7 Å². The molecule has 0 saturated carbocycles. The van der Waals surface area contributed by atoms with Crippen molar-refractivity contribution in [3.63, 3.8) is 0 Å². The van der Waals surface area contributed by atoms with Crippen molar-refractivity contribution in [1.82, 2.24) is 4.57 Å². The third-order valence-electron chi connectivity index (χ3n) is 3.49. The Morgan fingerprint density at radius 1 is 1.15 bits per heavy atom. The number of aromatic nitrogens is 1. The van der Waals surface area contributed by atoms with Crippen molar-refractivity contribution in [2.75, 3.05) is 5.32 Å². The number of nitrogens with zero attached hydrogens (tertiary/aromatic N) is 1. The van der Waals surface area contributed by atoms with E-state index in [1.807, 2.05) is 0 Å². The third-order valence-corrected chi connectivity index (χ3v) is 4.05. The summed E-state index contributed by atoms with van der Waals surface area (Å²) in [6.07, 6.45) is -4.66. The number of amides is 1. The van der Waals surface area contributed by atoms with Crippen molar-refractivity contribution < 1.29 is 22.4 Å². The number of hydrogen-bond acceptors (Lipinski definition) is 3. The number of carbonyl (C=O) groups is 1. The Kier molecular flexibility index (Phi) is 4.72. The molecule has 1 aromatic heterocycles. The summed E-state index contributed by atoms with van der Waals surface area (Å²) < 4.78 is 44.6. The predicted molar refractivity (Wildman–Crippen MR) is 90.6 cm³/mol. The van der Waals surface area contributed by atoms with Gasteiger partial charge < -0.3 is 9.73 Å². The minimum atomic E-state index is -4.66. The maximum atomic E-state index is 12.9. The zero-order valence-electron chi connectivity index (χ0n) is 12.7. The average molecular weight is 405 g/mol. The number of carbonyl (C=O) groups excluding carboxylic acids is 1. The van der Waals surface area contributed by atoms with E-state index < -0.39 is 35.0 Å². The summed E-state index contributed by atoms with van der Waals surface area (Å²) in [4.78, 5) is 24.0. The summed E-state index contributed by atoms with van der Waals surface area (Å²) in [5.74, 6) is -1.50. The van der Waals surface area contributed by atoms with Gasteiger partial charge in [-0.1, -0.05) is 23.2 Å². The van der Waals surface area contributed by atoms with Crippen LogP contribution in [0.1, 0.15) is 5.56 Å². The smallest absolute Gasteiger partial charge is 0.408 e. The number of oxazole rings is 1. The van der Waals surface area contributed by atoms with E-state index in [1.54, 1.807) is 0 Å². The number of halogens is 5. The number of hydrogen-bond donors (Lipinski definition) is 1. The summed E-state index contributed by atoms with van der Waals surface area (Å²) in [5.41, 5.74) is -0.643. The fraction of sp³-hybridized carbons (Fsp3) is 0.125. The Labute approximate surface area is 153 Å². The zero-order chi connectivity index (χ0) is 19.1. The molecule has 3 rings (SSSR count). The molecule has 0 saturated heterocycles. The number of anilines is 1. The molecule has 0 aliphatic rings. The Morgan fingerprint density at radius 3 is 2.58 bits per heavy atom. The van der Waals surface area contributed by atoms with Crippen LogP contribution in [-0.4, -0.2) is 10.5 Å². The largest absolute Gasteiger partial charge is 0.420 e. The molecule has 0 bridgehead atoms. The highest BCUT2D eigenvalue weighted by molar-refractivity contribution is 6.31. The lowest BCUT2D eigenvalue weighted by atomic mass is 10.2. The fourth-order valence-corrected chi connectivity index (χ4v) is 2.74. The first-order valence-corrected chi connectivity index (χ1v) is 7.86. The lowest BCUT2D eigenvalue weighted by Crippen LogP contribution is -2.24. The van der Waals surface area contributed by atoms with Crippen LogP contribution in [0.2, 0.25) is 10.0 Å². The molecule has 1 heterocycles. The van der Waals surface area contributed by atoms with E-state index in [4.69, 9.17) is 27.6 Å². The van der Waals surface area contributed by atoms with Crippen LogP contribution in [0.15, 0.2) is 45.6 Å². The topological polar surface area (TPSA) is 64.2 Å². The second-order valence-corrected chi connectivity index (χ2v) is 6.15. The molecule has 10 heteroatoms. The van der Waals surface area contributed by atoms with E-state index in [0.29, 0.717) is 10.5 Å². The first kappa shape index (κ1) is 18.3. The Morgan fingerprint density at radius 2 is 1.88 bits per heavy atom. The molecule has 5 nitrogen and oxygen atoms in total. The normalized spacial score (nSPS) is 11.7. The van der Waals surface area contributed by atoms with Gasteiger partial charge in [-0.05, 0) is 30.3 Å². The lowest BCUT2D eigenvalue weighted by Gasteiger charge is -2.12. The first-order valence-electron chi connectivity index (χ1n) is 7.10. The molecule has 0 aliphatic carbocycles. The molecule has 0 unspecified atom stereocenters. The van der Waals surface area contributed by atoms with Gasteiger partial charge in [0.2, 0.25) is 5.91 Å². The number of alkyl halides is 3. The van der Waals surface area contributed by atoms with Gasteiger partial charge in [0.25, 0.3) is 0 Å². The van der Waals surface area contributed by atoms with Crippen molar-refractivity contribution in [2.45, 2.75) is 12.7 Å². The first-order chi connectivity index (χ1) is 12.1. The van der Waals surface area contributed by atoms with Gasteiger partial charge in [-0.15, -0.1) is 0 Å². The van der Waals surface area contributed by atoms with Gasteiger partial charge in [0.1, 0.15) is 6.54 Å².